The minimum atomic E-state index is -0.166. The molecule has 0 saturated heterocycles. The summed E-state index contributed by atoms with van der Waals surface area (Å²) in [6.07, 6.45) is 3.27. The molecule has 0 aliphatic heterocycles. The first kappa shape index (κ1) is 23.5. The largest absolute Gasteiger partial charge is 0.494 e. The summed E-state index contributed by atoms with van der Waals surface area (Å²) >= 11 is 14.0. The SMILES string of the molecule is CCN(CC)CCN(C(=O)/C=C/c1ccccc1Cl)c1nc2c(OC)ccc(Cl)c2s1. The lowest BCUT2D eigenvalue weighted by Crippen LogP contribution is -2.38. The van der Waals surface area contributed by atoms with E-state index >= 15 is 0 Å². The van der Waals surface area contributed by atoms with Crippen molar-refractivity contribution in [3.63, 3.8) is 0 Å². The normalized spacial score (nSPS) is 11.5. The highest BCUT2D eigenvalue weighted by atomic mass is 35.5. The summed E-state index contributed by atoms with van der Waals surface area (Å²) in [5.74, 6) is 0.464. The van der Waals surface area contributed by atoms with Crippen LogP contribution in [0.15, 0.2) is 42.5 Å². The van der Waals surface area contributed by atoms with Gasteiger partial charge in [-0.1, -0.05) is 66.6 Å². The number of ether oxygens (including phenoxy) is 1. The number of carbonyl (C=O) groups is 1. The predicted molar refractivity (Wildman–Crippen MR) is 132 cm³/mol. The fourth-order valence-corrected chi connectivity index (χ4v) is 4.65. The molecule has 2 aromatic carbocycles. The zero-order chi connectivity index (χ0) is 22.4. The molecule has 3 aromatic rings. The van der Waals surface area contributed by atoms with Gasteiger partial charge < -0.3 is 9.64 Å². The molecule has 0 saturated carbocycles. The molecule has 0 fully saturated rings. The molecular formula is C23H25Cl2N3O2S. The van der Waals surface area contributed by atoms with E-state index in [-0.39, 0.29) is 5.91 Å². The average molecular weight is 478 g/mol. The number of methoxy groups -OCH3 is 1. The highest BCUT2D eigenvalue weighted by Crippen LogP contribution is 2.38. The summed E-state index contributed by atoms with van der Waals surface area (Å²) in [5.41, 5.74) is 1.45. The Kier molecular flexibility index (Phi) is 8.32. The van der Waals surface area contributed by atoms with Crippen LogP contribution >= 0.6 is 34.5 Å². The second kappa shape index (κ2) is 11.0. The number of halogens is 2. The molecule has 0 aliphatic carbocycles. The Morgan fingerprint density at radius 1 is 1.10 bits per heavy atom. The highest BCUT2D eigenvalue weighted by Gasteiger charge is 2.21. The summed E-state index contributed by atoms with van der Waals surface area (Å²) in [4.78, 5) is 21.9. The van der Waals surface area contributed by atoms with E-state index in [4.69, 9.17) is 32.9 Å². The molecule has 3 rings (SSSR count). The van der Waals surface area contributed by atoms with Gasteiger partial charge in [-0.25, -0.2) is 4.98 Å². The maximum absolute atomic E-state index is 13.2. The number of hydrogen-bond acceptors (Lipinski definition) is 5. The van der Waals surface area contributed by atoms with E-state index in [9.17, 15) is 4.79 Å². The summed E-state index contributed by atoms with van der Waals surface area (Å²) in [6, 6.07) is 11.0. The first-order chi connectivity index (χ1) is 15.0. The number of fused-ring (bicyclic) bond motifs is 1. The standard InChI is InChI=1S/C23H25Cl2N3O2S/c1-4-27(5-2)14-15-28(20(29)13-10-16-8-6-7-9-17(16)24)23-26-21-19(30-3)12-11-18(25)22(21)31-23/h6-13H,4-5,14-15H2,1-3H3/b13-10+. The molecule has 0 atom stereocenters. The van der Waals surface area contributed by atoms with Crippen LogP contribution in [0.5, 0.6) is 5.75 Å². The smallest absolute Gasteiger partial charge is 0.252 e. The Morgan fingerprint density at radius 2 is 1.84 bits per heavy atom. The van der Waals surface area contributed by atoms with E-state index in [0.29, 0.717) is 33.0 Å². The second-order valence-corrected chi connectivity index (χ2v) is 8.59. The van der Waals surface area contributed by atoms with Crippen molar-refractivity contribution in [2.24, 2.45) is 0 Å². The number of amides is 1. The van der Waals surface area contributed by atoms with Gasteiger partial charge >= 0.3 is 0 Å². The van der Waals surface area contributed by atoms with Crippen LogP contribution in [0.4, 0.5) is 5.13 Å². The van der Waals surface area contributed by atoms with Gasteiger partial charge in [0.25, 0.3) is 5.91 Å². The fraction of sp³-hybridized carbons (Fsp3) is 0.304. The van der Waals surface area contributed by atoms with Gasteiger partial charge in [0, 0.05) is 24.2 Å². The number of carbonyl (C=O) groups excluding carboxylic acids is 1. The Bertz CT molecular complexity index is 1080. The number of nitrogens with zero attached hydrogens (tertiary/aromatic N) is 3. The first-order valence-electron chi connectivity index (χ1n) is 10.1. The lowest BCUT2D eigenvalue weighted by molar-refractivity contribution is -0.114. The van der Waals surface area contributed by atoms with Crippen LogP contribution in [-0.4, -0.2) is 49.1 Å². The monoisotopic (exact) mass is 477 g/mol. The third kappa shape index (κ3) is 5.57. The first-order valence-corrected chi connectivity index (χ1v) is 11.6. The molecular weight excluding hydrogens is 453 g/mol. The third-order valence-electron chi connectivity index (χ3n) is 5.01. The summed E-state index contributed by atoms with van der Waals surface area (Å²) in [6.45, 7) is 7.28. The zero-order valence-electron chi connectivity index (χ0n) is 17.8. The second-order valence-electron chi connectivity index (χ2n) is 6.80. The Hall–Kier alpha value is -2.12. The van der Waals surface area contributed by atoms with Crippen molar-refractivity contribution >= 4 is 61.9 Å². The Balaban J connectivity index is 1.96. The lowest BCUT2D eigenvalue weighted by Gasteiger charge is -2.23. The predicted octanol–water partition coefficient (Wildman–Crippen LogP) is 6.00. The van der Waals surface area contributed by atoms with Crippen LogP contribution in [0.1, 0.15) is 19.4 Å². The van der Waals surface area contributed by atoms with E-state index in [2.05, 4.69) is 18.7 Å². The van der Waals surface area contributed by atoms with Crippen molar-refractivity contribution in [3.05, 3.63) is 58.1 Å². The topological polar surface area (TPSA) is 45.7 Å². The van der Waals surface area contributed by atoms with Gasteiger partial charge in [-0.05, 0) is 42.9 Å². The summed E-state index contributed by atoms with van der Waals surface area (Å²) in [5, 5.41) is 1.77. The quantitative estimate of drug-likeness (QED) is 0.354. The molecule has 8 heteroatoms. The minimum absolute atomic E-state index is 0.166. The minimum Gasteiger partial charge on any atom is -0.494 e. The van der Waals surface area contributed by atoms with Gasteiger partial charge in [0.1, 0.15) is 11.3 Å². The molecule has 0 bridgehead atoms. The molecule has 164 valence electrons. The van der Waals surface area contributed by atoms with E-state index in [1.54, 1.807) is 36.3 Å². The third-order valence-corrected chi connectivity index (χ3v) is 6.89. The van der Waals surface area contributed by atoms with E-state index < -0.39 is 0 Å². The van der Waals surface area contributed by atoms with Crippen LogP contribution in [0.3, 0.4) is 0 Å². The fourth-order valence-electron chi connectivity index (χ4n) is 3.16. The molecule has 0 aliphatic rings. The molecule has 5 nitrogen and oxygen atoms in total. The van der Waals surface area contributed by atoms with Gasteiger partial charge in [0.15, 0.2) is 5.13 Å². The number of anilines is 1. The van der Waals surface area contributed by atoms with Gasteiger partial charge in [-0.3, -0.25) is 9.69 Å². The van der Waals surface area contributed by atoms with E-state index in [1.807, 2.05) is 18.2 Å². The maximum Gasteiger partial charge on any atom is 0.252 e. The molecule has 1 heterocycles. The Labute approximate surface area is 196 Å². The number of aromatic nitrogens is 1. The van der Waals surface area contributed by atoms with Gasteiger partial charge in [-0.2, -0.15) is 0 Å². The van der Waals surface area contributed by atoms with Gasteiger partial charge in [0.05, 0.1) is 16.8 Å². The number of likely N-dealkylation sites (N-methyl/N-ethyl adjacent to an activating group) is 1. The Morgan fingerprint density at radius 3 is 2.52 bits per heavy atom. The summed E-state index contributed by atoms with van der Waals surface area (Å²) in [7, 11) is 1.59. The van der Waals surface area contributed by atoms with Crippen molar-refractivity contribution < 1.29 is 9.53 Å². The van der Waals surface area contributed by atoms with Gasteiger partial charge in [-0.15, -0.1) is 0 Å². The lowest BCUT2D eigenvalue weighted by atomic mass is 10.2. The van der Waals surface area contributed by atoms with E-state index in [1.165, 1.54) is 17.4 Å². The number of benzene rings is 2. The van der Waals surface area contributed by atoms with E-state index in [0.717, 1.165) is 29.9 Å². The maximum atomic E-state index is 13.2. The summed E-state index contributed by atoms with van der Waals surface area (Å²) < 4.78 is 6.23. The molecule has 0 radical (unpaired) electrons. The van der Waals surface area contributed by atoms with Crippen molar-refractivity contribution in [2.45, 2.75) is 13.8 Å². The number of hydrogen-bond donors (Lipinski definition) is 0. The van der Waals surface area contributed by atoms with Crippen molar-refractivity contribution in [1.29, 1.82) is 0 Å². The number of rotatable bonds is 9. The number of thiazole rings is 1. The highest BCUT2D eigenvalue weighted by molar-refractivity contribution is 7.23. The molecule has 31 heavy (non-hydrogen) atoms. The van der Waals surface area contributed by atoms with Gasteiger partial charge in [0.2, 0.25) is 0 Å². The van der Waals surface area contributed by atoms with Crippen LogP contribution < -0.4 is 9.64 Å². The molecule has 1 aromatic heterocycles. The van der Waals surface area contributed by atoms with Crippen LogP contribution in [0.25, 0.3) is 16.3 Å². The van der Waals surface area contributed by atoms with Crippen molar-refractivity contribution in [3.8, 4) is 5.75 Å². The zero-order valence-corrected chi connectivity index (χ0v) is 20.1. The van der Waals surface area contributed by atoms with Crippen molar-refractivity contribution in [1.82, 2.24) is 9.88 Å². The molecule has 1 amide bonds. The molecule has 0 spiro atoms. The van der Waals surface area contributed by atoms with Crippen LogP contribution in [0.2, 0.25) is 10.0 Å². The van der Waals surface area contributed by atoms with Crippen LogP contribution in [0, 0.1) is 0 Å². The van der Waals surface area contributed by atoms with Crippen molar-refractivity contribution in [2.75, 3.05) is 38.2 Å². The van der Waals surface area contributed by atoms with Crippen LogP contribution in [-0.2, 0) is 4.79 Å². The molecule has 0 N–H and O–H groups in total. The average Bonchev–Trinajstić information content (AvgIpc) is 3.22. The molecule has 0 unspecified atom stereocenters.